The molecule has 1 aliphatic rings. The Kier molecular flexibility index (Phi) is 3.55. The second kappa shape index (κ2) is 6.83. The molecule has 0 radical (unpaired) electrons. The van der Waals surface area contributed by atoms with E-state index in [0.717, 1.165) is 34.0 Å². The molecule has 0 atom stereocenters. The van der Waals surface area contributed by atoms with Crippen molar-refractivity contribution in [2.75, 3.05) is 0 Å². The van der Waals surface area contributed by atoms with Crippen LogP contribution in [0.25, 0.3) is 65.9 Å². The molecular weight excluding hydrogens is 452 g/mol. The second-order valence-corrected chi connectivity index (χ2v) is 9.93. The topological polar surface area (TPSA) is 35.1 Å². The Morgan fingerprint density at radius 1 is 0.649 bits per heavy atom. The fraction of sp³-hybridized carbons (Fsp3) is 0.0303. The SMILES string of the molecule is c1ccc(-n2c3cc4c(cc3c3ccc5c(c6cnccc6n6ccnc56)c32)Cc2ccccc2-4)cc1. The lowest BCUT2D eigenvalue weighted by atomic mass is 10.0. The number of imidazole rings is 1. The first kappa shape index (κ1) is 19.3. The molecule has 4 aromatic heterocycles. The van der Waals surface area contributed by atoms with Gasteiger partial charge < -0.3 is 4.57 Å². The van der Waals surface area contributed by atoms with Crippen LogP contribution in [0.3, 0.4) is 0 Å². The molecule has 4 nitrogen and oxygen atoms in total. The fourth-order valence-electron chi connectivity index (χ4n) is 6.53. The van der Waals surface area contributed by atoms with Crippen LogP contribution in [-0.4, -0.2) is 18.9 Å². The van der Waals surface area contributed by atoms with Gasteiger partial charge >= 0.3 is 0 Å². The molecule has 0 N–H and O–H groups in total. The standard InChI is InChI=1S/C33H20N4/c1-2-7-22(8-3-1)37-30-18-26-21(16-20-6-4-5-9-23(20)26)17-27(30)24-10-11-25-31(32(24)37)28-19-34-13-12-29(28)36-15-14-35-33(25)36/h1-15,17-19H,16H2. The van der Waals surface area contributed by atoms with E-state index in [1.165, 1.54) is 49.4 Å². The Balaban J connectivity index is 1.56. The Morgan fingerprint density at radius 3 is 2.46 bits per heavy atom. The van der Waals surface area contributed by atoms with E-state index in [4.69, 9.17) is 4.98 Å². The Hall–Kier alpha value is -4.96. The molecule has 172 valence electrons. The van der Waals surface area contributed by atoms with Gasteiger partial charge in [-0.05, 0) is 65.1 Å². The molecular formula is C33H20N4. The van der Waals surface area contributed by atoms with Gasteiger partial charge in [0, 0.05) is 57.4 Å². The number of rotatable bonds is 1. The molecule has 4 heteroatoms. The zero-order chi connectivity index (χ0) is 24.1. The van der Waals surface area contributed by atoms with Crippen molar-refractivity contribution in [1.29, 1.82) is 0 Å². The highest BCUT2D eigenvalue weighted by atomic mass is 15.0. The lowest BCUT2D eigenvalue weighted by molar-refractivity contribution is 1.18. The highest BCUT2D eigenvalue weighted by Crippen LogP contribution is 2.45. The van der Waals surface area contributed by atoms with E-state index in [0.29, 0.717) is 0 Å². The van der Waals surface area contributed by atoms with Gasteiger partial charge in [-0.1, -0.05) is 48.5 Å². The molecule has 0 amide bonds. The van der Waals surface area contributed by atoms with Crippen LogP contribution >= 0.6 is 0 Å². The third-order valence-electron chi connectivity index (χ3n) is 8.07. The molecule has 0 fully saturated rings. The summed E-state index contributed by atoms with van der Waals surface area (Å²) in [4.78, 5) is 9.32. The zero-order valence-electron chi connectivity index (χ0n) is 19.9. The minimum Gasteiger partial charge on any atom is -0.309 e. The van der Waals surface area contributed by atoms with Gasteiger partial charge in [0.15, 0.2) is 0 Å². The average Bonchev–Trinajstić information content (AvgIpc) is 3.66. The highest BCUT2D eigenvalue weighted by molar-refractivity contribution is 6.27. The summed E-state index contributed by atoms with van der Waals surface area (Å²) in [7, 11) is 0. The maximum Gasteiger partial charge on any atom is 0.145 e. The predicted octanol–water partition coefficient (Wildman–Crippen LogP) is 7.70. The van der Waals surface area contributed by atoms with E-state index in [2.05, 4.69) is 98.9 Å². The molecule has 0 unspecified atom stereocenters. The molecule has 0 saturated heterocycles. The summed E-state index contributed by atoms with van der Waals surface area (Å²) in [5, 5.41) is 6.00. The molecule has 9 rings (SSSR count). The quantitative estimate of drug-likeness (QED) is 0.229. The maximum atomic E-state index is 4.77. The molecule has 37 heavy (non-hydrogen) atoms. The first-order valence-corrected chi connectivity index (χ1v) is 12.6. The van der Waals surface area contributed by atoms with Gasteiger partial charge in [-0.25, -0.2) is 4.98 Å². The number of fused-ring (bicyclic) bond motifs is 13. The predicted molar refractivity (Wildman–Crippen MR) is 151 cm³/mol. The molecule has 0 aliphatic heterocycles. The van der Waals surface area contributed by atoms with Crippen LogP contribution < -0.4 is 0 Å². The van der Waals surface area contributed by atoms with Gasteiger partial charge in [-0.15, -0.1) is 0 Å². The Morgan fingerprint density at radius 2 is 1.51 bits per heavy atom. The summed E-state index contributed by atoms with van der Waals surface area (Å²) in [6.45, 7) is 0. The van der Waals surface area contributed by atoms with Gasteiger partial charge in [-0.2, -0.15) is 0 Å². The van der Waals surface area contributed by atoms with Crippen LogP contribution in [0, 0.1) is 0 Å². The number of aromatic nitrogens is 4. The van der Waals surface area contributed by atoms with Crippen LogP contribution in [0.5, 0.6) is 0 Å². The smallest absolute Gasteiger partial charge is 0.145 e. The average molecular weight is 473 g/mol. The van der Waals surface area contributed by atoms with E-state index in [1.54, 1.807) is 0 Å². The molecule has 4 heterocycles. The minimum absolute atomic E-state index is 0.969. The summed E-state index contributed by atoms with van der Waals surface area (Å²) in [6, 6.07) is 31.0. The third kappa shape index (κ3) is 2.42. The van der Waals surface area contributed by atoms with Crippen LogP contribution in [0.2, 0.25) is 0 Å². The molecule has 0 saturated carbocycles. The summed E-state index contributed by atoms with van der Waals surface area (Å²) in [5.41, 5.74) is 11.2. The van der Waals surface area contributed by atoms with E-state index >= 15 is 0 Å². The summed E-state index contributed by atoms with van der Waals surface area (Å²) >= 11 is 0. The van der Waals surface area contributed by atoms with Crippen LogP contribution in [-0.2, 0) is 6.42 Å². The Labute approximate surface area is 212 Å². The van der Waals surface area contributed by atoms with Crippen LogP contribution in [0.1, 0.15) is 11.1 Å². The van der Waals surface area contributed by atoms with E-state index < -0.39 is 0 Å². The van der Waals surface area contributed by atoms with Crippen LogP contribution in [0.15, 0.2) is 110 Å². The number of hydrogen-bond donors (Lipinski definition) is 0. The van der Waals surface area contributed by atoms with E-state index in [1.807, 2.05) is 24.8 Å². The minimum atomic E-state index is 0.969. The Bertz CT molecular complexity index is 2220. The molecule has 4 aromatic carbocycles. The molecule has 1 aliphatic carbocycles. The lowest BCUT2D eigenvalue weighted by Gasteiger charge is -2.13. The first-order valence-electron chi connectivity index (χ1n) is 12.6. The number of pyridine rings is 2. The number of para-hydroxylation sites is 1. The number of hydrogen-bond acceptors (Lipinski definition) is 2. The van der Waals surface area contributed by atoms with Crippen molar-refractivity contribution in [2.45, 2.75) is 6.42 Å². The van der Waals surface area contributed by atoms with Gasteiger partial charge in [0.2, 0.25) is 0 Å². The van der Waals surface area contributed by atoms with Crippen molar-refractivity contribution < 1.29 is 0 Å². The first-order chi connectivity index (χ1) is 18.4. The summed E-state index contributed by atoms with van der Waals surface area (Å²) in [6.07, 6.45) is 8.76. The number of benzene rings is 4. The molecule has 0 bridgehead atoms. The molecule has 8 aromatic rings. The number of nitrogens with zero attached hydrogens (tertiary/aromatic N) is 4. The monoisotopic (exact) mass is 472 g/mol. The fourth-order valence-corrected chi connectivity index (χ4v) is 6.53. The third-order valence-corrected chi connectivity index (χ3v) is 8.07. The maximum absolute atomic E-state index is 4.77. The largest absolute Gasteiger partial charge is 0.309 e. The zero-order valence-corrected chi connectivity index (χ0v) is 19.9. The van der Waals surface area contributed by atoms with Crippen LogP contribution in [0.4, 0.5) is 0 Å². The van der Waals surface area contributed by atoms with Crippen molar-refractivity contribution in [3.8, 4) is 16.8 Å². The van der Waals surface area contributed by atoms with E-state index in [-0.39, 0.29) is 0 Å². The van der Waals surface area contributed by atoms with Crippen molar-refractivity contribution in [1.82, 2.24) is 18.9 Å². The van der Waals surface area contributed by atoms with Crippen molar-refractivity contribution in [3.05, 3.63) is 121 Å². The highest BCUT2D eigenvalue weighted by Gasteiger charge is 2.24. The van der Waals surface area contributed by atoms with Crippen molar-refractivity contribution in [2.24, 2.45) is 0 Å². The molecule has 0 spiro atoms. The van der Waals surface area contributed by atoms with Gasteiger partial charge in [0.25, 0.3) is 0 Å². The summed E-state index contributed by atoms with van der Waals surface area (Å²) < 4.78 is 4.62. The van der Waals surface area contributed by atoms with Crippen molar-refractivity contribution >= 4 is 49.1 Å². The normalized spacial score (nSPS) is 12.8. The van der Waals surface area contributed by atoms with Gasteiger partial charge in [0.05, 0.1) is 16.6 Å². The van der Waals surface area contributed by atoms with E-state index in [9.17, 15) is 0 Å². The van der Waals surface area contributed by atoms with Crippen molar-refractivity contribution in [3.63, 3.8) is 0 Å². The van der Waals surface area contributed by atoms with Gasteiger partial charge in [-0.3, -0.25) is 9.38 Å². The lowest BCUT2D eigenvalue weighted by Crippen LogP contribution is -1.97. The van der Waals surface area contributed by atoms with Gasteiger partial charge in [0.1, 0.15) is 5.65 Å². The summed E-state index contributed by atoms with van der Waals surface area (Å²) in [5.74, 6) is 0. The second-order valence-electron chi connectivity index (χ2n) is 9.93.